The molecule has 2 heterocycles. The molecule has 41 heavy (non-hydrogen) atoms. The van der Waals surface area contributed by atoms with Crippen LogP contribution >= 0.6 is 23.2 Å². The molecule has 1 aliphatic heterocycles. The van der Waals surface area contributed by atoms with E-state index in [0.717, 1.165) is 53.6 Å². The van der Waals surface area contributed by atoms with Crippen LogP contribution in [0.25, 0.3) is 11.0 Å². The summed E-state index contributed by atoms with van der Waals surface area (Å²) in [5.74, 6) is 1.14. The molecular weight excluding hydrogens is 581 g/mol. The molecule has 2 N–H and O–H groups in total. The van der Waals surface area contributed by atoms with Gasteiger partial charge in [0.15, 0.2) is 0 Å². The van der Waals surface area contributed by atoms with Crippen molar-refractivity contribution in [3.8, 4) is 0 Å². The standard InChI is InChI=1S/C30H33Cl2N5O3S/c1-19-17-28(20(2)16-24(19)32)41(39,40)36(3)27-18-22(8-9-23(27)31)29(38)33-13-10-21-11-14-37(15-12-21)30-34-25-6-4-5-7-26(25)35-30/h4-9,16-18,21H,10-15H2,1-3H3,(H,33,38)(H,34,35). The average Bonchev–Trinajstić information content (AvgIpc) is 3.39. The smallest absolute Gasteiger partial charge is 0.264 e. The third-order valence-corrected chi connectivity index (χ3v) is 10.4. The summed E-state index contributed by atoms with van der Waals surface area (Å²) in [5.41, 5.74) is 3.76. The van der Waals surface area contributed by atoms with Gasteiger partial charge in [0.1, 0.15) is 0 Å². The Hall–Kier alpha value is -3.27. The number of nitrogens with one attached hydrogen (secondary N) is 2. The molecule has 0 unspecified atom stereocenters. The van der Waals surface area contributed by atoms with Crippen LogP contribution in [0.3, 0.4) is 0 Å². The van der Waals surface area contributed by atoms with Crippen LogP contribution in [-0.4, -0.2) is 51.0 Å². The minimum Gasteiger partial charge on any atom is -0.352 e. The molecule has 0 atom stereocenters. The first kappa shape index (κ1) is 29.2. The highest BCUT2D eigenvalue weighted by Gasteiger charge is 2.27. The van der Waals surface area contributed by atoms with E-state index in [4.69, 9.17) is 28.2 Å². The van der Waals surface area contributed by atoms with Gasteiger partial charge in [-0.05, 0) is 92.6 Å². The maximum Gasteiger partial charge on any atom is 0.264 e. The van der Waals surface area contributed by atoms with Gasteiger partial charge >= 0.3 is 0 Å². The number of nitrogens with zero attached hydrogens (tertiary/aromatic N) is 3. The van der Waals surface area contributed by atoms with E-state index < -0.39 is 10.0 Å². The largest absolute Gasteiger partial charge is 0.352 e. The number of fused-ring (bicyclic) bond motifs is 1. The van der Waals surface area contributed by atoms with E-state index in [1.807, 2.05) is 24.3 Å². The molecule has 1 fully saturated rings. The molecule has 1 amide bonds. The zero-order valence-electron chi connectivity index (χ0n) is 23.2. The number of piperidine rings is 1. The van der Waals surface area contributed by atoms with Crippen LogP contribution in [0.4, 0.5) is 11.6 Å². The zero-order chi connectivity index (χ0) is 29.3. The van der Waals surface area contributed by atoms with Crippen LogP contribution in [0.5, 0.6) is 0 Å². The van der Waals surface area contributed by atoms with E-state index in [1.165, 1.54) is 13.1 Å². The van der Waals surface area contributed by atoms with Crippen LogP contribution in [0.1, 0.15) is 40.7 Å². The molecule has 0 radical (unpaired) electrons. The fourth-order valence-corrected chi connectivity index (χ4v) is 7.23. The number of imidazole rings is 1. The fraction of sp³-hybridized carbons (Fsp3) is 0.333. The number of para-hydroxylation sites is 2. The van der Waals surface area contributed by atoms with Crippen LogP contribution in [0, 0.1) is 19.8 Å². The summed E-state index contributed by atoms with van der Waals surface area (Å²) in [6.07, 6.45) is 2.90. The number of carbonyl (C=O) groups is 1. The molecule has 0 saturated carbocycles. The maximum atomic E-state index is 13.5. The van der Waals surface area contributed by atoms with E-state index in [2.05, 4.69) is 15.2 Å². The number of sulfonamides is 1. The van der Waals surface area contributed by atoms with Crippen molar-refractivity contribution in [2.45, 2.75) is 38.0 Å². The Kier molecular flexibility index (Phi) is 8.50. The lowest BCUT2D eigenvalue weighted by Gasteiger charge is -2.31. The Bertz CT molecular complexity index is 1660. The number of rotatable bonds is 8. The number of aryl methyl sites for hydroxylation is 2. The molecule has 1 saturated heterocycles. The van der Waals surface area contributed by atoms with Gasteiger partial charge < -0.3 is 15.2 Å². The number of carbonyl (C=O) groups excluding carboxylic acids is 1. The maximum absolute atomic E-state index is 13.5. The summed E-state index contributed by atoms with van der Waals surface area (Å²) in [7, 11) is -2.51. The Balaban J connectivity index is 1.18. The quantitative estimate of drug-likeness (QED) is 0.241. The summed E-state index contributed by atoms with van der Waals surface area (Å²) in [6.45, 7) is 5.80. The van der Waals surface area contributed by atoms with Crippen LogP contribution in [0.2, 0.25) is 10.0 Å². The predicted molar refractivity (Wildman–Crippen MR) is 166 cm³/mol. The average molecular weight is 615 g/mol. The normalized spacial score (nSPS) is 14.4. The second-order valence-electron chi connectivity index (χ2n) is 10.6. The minimum absolute atomic E-state index is 0.138. The number of hydrogen-bond donors (Lipinski definition) is 2. The Labute approximate surface area is 250 Å². The van der Waals surface area contributed by atoms with Crippen LogP contribution in [0.15, 0.2) is 59.5 Å². The van der Waals surface area contributed by atoms with Gasteiger partial charge in [0.2, 0.25) is 5.95 Å². The lowest BCUT2D eigenvalue weighted by Crippen LogP contribution is -2.35. The number of aromatic amines is 1. The van der Waals surface area contributed by atoms with Gasteiger partial charge in [-0.15, -0.1) is 0 Å². The molecular formula is C30H33Cl2N5O3S. The van der Waals surface area contributed by atoms with Gasteiger partial charge in [-0.1, -0.05) is 35.3 Å². The van der Waals surface area contributed by atoms with Gasteiger partial charge in [-0.2, -0.15) is 0 Å². The molecule has 8 nitrogen and oxygen atoms in total. The SMILES string of the molecule is Cc1cc(S(=O)(=O)N(C)c2cc(C(=O)NCCC3CCN(c4nc5ccccc5[nH]4)CC3)ccc2Cl)c(C)cc1Cl. The van der Waals surface area contributed by atoms with Crippen molar-refractivity contribution >= 4 is 61.8 Å². The van der Waals surface area contributed by atoms with E-state index >= 15 is 0 Å². The second-order valence-corrected chi connectivity index (χ2v) is 13.3. The number of H-pyrrole nitrogens is 1. The summed E-state index contributed by atoms with van der Waals surface area (Å²) >= 11 is 12.6. The number of anilines is 2. The molecule has 5 rings (SSSR count). The third-order valence-electron chi connectivity index (χ3n) is 7.77. The van der Waals surface area contributed by atoms with Crippen LogP contribution < -0.4 is 14.5 Å². The highest BCUT2D eigenvalue weighted by molar-refractivity contribution is 7.92. The lowest BCUT2D eigenvalue weighted by atomic mass is 9.93. The van der Waals surface area contributed by atoms with Crippen LogP contribution in [-0.2, 0) is 10.0 Å². The molecule has 4 aromatic rings. The molecule has 0 bridgehead atoms. The second kappa shape index (κ2) is 11.9. The molecule has 11 heteroatoms. The van der Waals surface area contributed by atoms with E-state index in [0.29, 0.717) is 34.2 Å². The lowest BCUT2D eigenvalue weighted by molar-refractivity contribution is 0.0950. The van der Waals surface area contributed by atoms with Crippen molar-refractivity contribution in [1.82, 2.24) is 15.3 Å². The highest BCUT2D eigenvalue weighted by atomic mass is 35.5. The van der Waals surface area contributed by atoms with Gasteiger partial charge in [0, 0.05) is 37.3 Å². The summed E-state index contributed by atoms with van der Waals surface area (Å²) < 4.78 is 28.1. The topological polar surface area (TPSA) is 98.4 Å². The number of benzene rings is 3. The van der Waals surface area contributed by atoms with E-state index in [1.54, 1.807) is 38.1 Å². The summed E-state index contributed by atoms with van der Waals surface area (Å²) in [6, 6.07) is 15.9. The Morgan fingerprint density at radius 1 is 1.05 bits per heavy atom. The van der Waals surface area contributed by atoms with Crippen molar-refractivity contribution in [3.63, 3.8) is 0 Å². The highest BCUT2D eigenvalue weighted by Crippen LogP contribution is 2.33. The molecule has 0 aliphatic carbocycles. The number of hydrogen-bond acceptors (Lipinski definition) is 5. The van der Waals surface area contributed by atoms with Gasteiger partial charge in [-0.3, -0.25) is 9.10 Å². The number of halogens is 2. The van der Waals surface area contributed by atoms with Gasteiger partial charge in [0.05, 0.1) is 26.6 Å². The first-order chi connectivity index (χ1) is 19.5. The van der Waals surface area contributed by atoms with E-state index in [-0.39, 0.29) is 21.5 Å². The minimum atomic E-state index is -3.94. The first-order valence-corrected chi connectivity index (χ1v) is 15.8. The number of amides is 1. The third kappa shape index (κ3) is 6.17. The summed E-state index contributed by atoms with van der Waals surface area (Å²) in [4.78, 5) is 23.5. The molecule has 1 aliphatic rings. The molecule has 0 spiro atoms. The van der Waals surface area contributed by atoms with Crippen molar-refractivity contribution in [1.29, 1.82) is 0 Å². The predicted octanol–water partition coefficient (Wildman–Crippen LogP) is 6.35. The van der Waals surface area contributed by atoms with Crippen molar-refractivity contribution < 1.29 is 13.2 Å². The van der Waals surface area contributed by atoms with Gasteiger partial charge in [0.25, 0.3) is 15.9 Å². The summed E-state index contributed by atoms with van der Waals surface area (Å²) in [5, 5.41) is 3.72. The van der Waals surface area contributed by atoms with Crippen molar-refractivity contribution in [3.05, 3.63) is 81.3 Å². The van der Waals surface area contributed by atoms with Gasteiger partial charge in [-0.25, -0.2) is 13.4 Å². The van der Waals surface area contributed by atoms with Crippen molar-refractivity contribution in [2.24, 2.45) is 5.92 Å². The zero-order valence-corrected chi connectivity index (χ0v) is 25.6. The molecule has 1 aromatic heterocycles. The molecule has 3 aromatic carbocycles. The fourth-order valence-electron chi connectivity index (χ4n) is 5.22. The number of aromatic nitrogens is 2. The Morgan fingerprint density at radius 2 is 1.78 bits per heavy atom. The first-order valence-electron chi connectivity index (χ1n) is 13.6. The van der Waals surface area contributed by atoms with E-state index in [9.17, 15) is 13.2 Å². The van der Waals surface area contributed by atoms with Crippen molar-refractivity contribution in [2.75, 3.05) is 35.9 Å². The Morgan fingerprint density at radius 3 is 2.51 bits per heavy atom. The monoisotopic (exact) mass is 613 g/mol. The molecule has 216 valence electrons.